The van der Waals surface area contributed by atoms with Crippen LogP contribution in [0.2, 0.25) is 0 Å². The molecular formula is C22H29FN4O3S. The molecule has 0 fully saturated rings. The van der Waals surface area contributed by atoms with E-state index >= 15 is 0 Å². The molecule has 0 bridgehead atoms. The molecule has 7 nitrogen and oxygen atoms in total. The molecule has 0 aliphatic heterocycles. The number of hydrogen-bond acceptors (Lipinski definition) is 6. The summed E-state index contributed by atoms with van der Waals surface area (Å²) in [5.74, 6) is -0.745. The zero-order valence-electron chi connectivity index (χ0n) is 18.0. The molecule has 2 rings (SSSR count). The highest BCUT2D eigenvalue weighted by molar-refractivity contribution is 7.89. The van der Waals surface area contributed by atoms with Gasteiger partial charge in [0.1, 0.15) is 5.82 Å². The number of ether oxygens (including phenoxy) is 1. The van der Waals surface area contributed by atoms with Crippen molar-refractivity contribution in [2.75, 3.05) is 39.2 Å². The fourth-order valence-corrected chi connectivity index (χ4v) is 3.52. The molecule has 0 aliphatic rings. The number of halogens is 1. The smallest absolute Gasteiger partial charge is 0.238 e. The number of aryl methyl sites for hydroxylation is 1. The lowest BCUT2D eigenvalue weighted by Gasteiger charge is -2.17. The molecule has 0 spiro atoms. The van der Waals surface area contributed by atoms with E-state index in [2.05, 4.69) is 5.32 Å². The highest BCUT2D eigenvalue weighted by Gasteiger charge is 2.13. The van der Waals surface area contributed by atoms with Crippen LogP contribution in [0.3, 0.4) is 0 Å². The second-order valence-electron chi connectivity index (χ2n) is 7.40. The largest absolute Gasteiger partial charge is 0.383 e. The fraction of sp³-hybridized carbons (Fsp3) is 0.318. The van der Waals surface area contributed by atoms with Gasteiger partial charge in [0.15, 0.2) is 0 Å². The monoisotopic (exact) mass is 448 g/mol. The van der Waals surface area contributed by atoms with Gasteiger partial charge in [-0.2, -0.15) is 0 Å². The Morgan fingerprint density at radius 1 is 1.29 bits per heavy atom. The SMILES string of the molecule is COCCN(C)CC(=N)/C=C(/Cc1cccc(C)c1)Nc1ccc(S(N)(=O)=O)cc1F. The van der Waals surface area contributed by atoms with Gasteiger partial charge >= 0.3 is 0 Å². The van der Waals surface area contributed by atoms with Crippen LogP contribution in [0.1, 0.15) is 11.1 Å². The van der Waals surface area contributed by atoms with E-state index in [-0.39, 0.29) is 10.6 Å². The summed E-state index contributed by atoms with van der Waals surface area (Å²) in [6, 6.07) is 11.3. The van der Waals surface area contributed by atoms with Gasteiger partial charge in [0.2, 0.25) is 10.0 Å². The minimum Gasteiger partial charge on any atom is -0.383 e. The third kappa shape index (κ3) is 8.22. The van der Waals surface area contributed by atoms with Crippen molar-refractivity contribution in [1.82, 2.24) is 4.90 Å². The third-order valence-electron chi connectivity index (χ3n) is 4.51. The molecule has 0 unspecified atom stereocenters. The molecule has 9 heteroatoms. The van der Waals surface area contributed by atoms with Crippen molar-refractivity contribution < 1.29 is 17.5 Å². The number of rotatable bonds is 11. The number of nitrogens with two attached hydrogens (primary N) is 1. The molecule has 0 saturated heterocycles. The summed E-state index contributed by atoms with van der Waals surface area (Å²) in [7, 11) is -0.483. The lowest BCUT2D eigenvalue weighted by Crippen LogP contribution is -2.28. The molecule has 0 amide bonds. The van der Waals surface area contributed by atoms with Crippen LogP contribution in [0.25, 0.3) is 0 Å². The van der Waals surface area contributed by atoms with Gasteiger partial charge in [0.05, 0.1) is 17.2 Å². The van der Waals surface area contributed by atoms with E-state index in [1.165, 1.54) is 12.1 Å². The van der Waals surface area contributed by atoms with Crippen LogP contribution < -0.4 is 10.5 Å². The van der Waals surface area contributed by atoms with Crippen molar-refractivity contribution in [1.29, 1.82) is 5.41 Å². The maximum atomic E-state index is 14.5. The first-order valence-corrected chi connectivity index (χ1v) is 11.2. The number of sulfonamides is 1. The van der Waals surface area contributed by atoms with Crippen LogP contribution in [0.4, 0.5) is 10.1 Å². The van der Waals surface area contributed by atoms with E-state index in [0.717, 1.165) is 17.2 Å². The first kappa shape index (κ1) is 24.7. The highest BCUT2D eigenvalue weighted by Crippen LogP contribution is 2.21. The zero-order chi connectivity index (χ0) is 23.0. The molecule has 0 radical (unpaired) electrons. The van der Waals surface area contributed by atoms with Crippen molar-refractivity contribution in [3.63, 3.8) is 0 Å². The topological polar surface area (TPSA) is 109 Å². The number of likely N-dealkylation sites (N-methyl/N-ethyl adjacent to an activating group) is 1. The Morgan fingerprint density at radius 2 is 2.03 bits per heavy atom. The van der Waals surface area contributed by atoms with E-state index in [9.17, 15) is 12.8 Å². The Morgan fingerprint density at radius 3 is 2.65 bits per heavy atom. The number of primary sulfonamides is 1. The molecular weight excluding hydrogens is 419 g/mol. The molecule has 0 heterocycles. The van der Waals surface area contributed by atoms with E-state index < -0.39 is 15.8 Å². The minimum absolute atomic E-state index is 0.104. The van der Waals surface area contributed by atoms with Crippen molar-refractivity contribution in [2.45, 2.75) is 18.2 Å². The molecule has 0 aromatic heterocycles. The number of nitrogens with zero attached hydrogens (tertiary/aromatic N) is 1. The summed E-state index contributed by atoms with van der Waals surface area (Å²) in [4.78, 5) is 1.65. The number of nitrogens with one attached hydrogen (secondary N) is 2. The summed E-state index contributed by atoms with van der Waals surface area (Å²) in [5.41, 5.74) is 3.15. The van der Waals surface area contributed by atoms with Crippen LogP contribution in [0, 0.1) is 18.2 Å². The normalized spacial score (nSPS) is 12.3. The Bertz CT molecular complexity index is 1050. The lowest BCUT2D eigenvalue weighted by molar-refractivity contribution is 0.168. The predicted molar refractivity (Wildman–Crippen MR) is 121 cm³/mol. The summed E-state index contributed by atoms with van der Waals surface area (Å²) in [6.45, 7) is 3.62. The molecule has 2 aromatic carbocycles. The van der Waals surface area contributed by atoms with Gasteiger partial charge < -0.3 is 15.5 Å². The standard InChI is InChI=1S/C22H29FN4O3S/c1-16-5-4-6-17(11-16)12-19(13-18(24)15-27(2)9-10-30-3)26-22-8-7-20(14-21(22)23)31(25,28)29/h4-8,11,13-14,24,26H,9-10,12,15H2,1-3H3,(H2,25,28,29)/b19-13-,24-18?. The van der Waals surface area contributed by atoms with Gasteiger partial charge in [0, 0.05) is 38.0 Å². The second kappa shape index (κ2) is 11.1. The fourth-order valence-electron chi connectivity index (χ4n) is 2.99. The van der Waals surface area contributed by atoms with Crippen molar-refractivity contribution in [3.05, 3.63) is 71.2 Å². The van der Waals surface area contributed by atoms with Gasteiger partial charge in [0.25, 0.3) is 0 Å². The van der Waals surface area contributed by atoms with Crippen molar-refractivity contribution in [2.24, 2.45) is 5.14 Å². The van der Waals surface area contributed by atoms with Gasteiger partial charge in [-0.15, -0.1) is 0 Å². The van der Waals surface area contributed by atoms with Crippen LogP contribution in [0.15, 0.2) is 59.1 Å². The van der Waals surface area contributed by atoms with Crippen molar-refractivity contribution >= 4 is 21.4 Å². The summed E-state index contributed by atoms with van der Waals surface area (Å²) >= 11 is 0. The zero-order valence-corrected chi connectivity index (χ0v) is 18.8. The average molecular weight is 449 g/mol. The Hall–Kier alpha value is -2.59. The van der Waals surface area contributed by atoms with E-state index in [0.29, 0.717) is 37.5 Å². The quantitative estimate of drug-likeness (QED) is 0.458. The molecule has 2 aromatic rings. The van der Waals surface area contributed by atoms with Gasteiger partial charge in [-0.25, -0.2) is 17.9 Å². The second-order valence-corrected chi connectivity index (χ2v) is 8.96. The number of methoxy groups -OCH3 is 1. The van der Waals surface area contributed by atoms with E-state index in [1.54, 1.807) is 13.2 Å². The Labute approximate surface area is 183 Å². The van der Waals surface area contributed by atoms with E-state index in [4.69, 9.17) is 15.3 Å². The van der Waals surface area contributed by atoms with E-state index in [1.807, 2.05) is 43.1 Å². The van der Waals surface area contributed by atoms with Crippen LogP contribution in [0.5, 0.6) is 0 Å². The minimum atomic E-state index is -4.00. The molecule has 0 atom stereocenters. The summed E-state index contributed by atoms with van der Waals surface area (Å²) < 4.78 is 42.5. The highest BCUT2D eigenvalue weighted by atomic mass is 32.2. The number of benzene rings is 2. The molecule has 31 heavy (non-hydrogen) atoms. The molecule has 168 valence electrons. The summed E-state index contributed by atoms with van der Waals surface area (Å²) in [6.07, 6.45) is 2.11. The third-order valence-corrected chi connectivity index (χ3v) is 5.42. The maximum Gasteiger partial charge on any atom is 0.238 e. The predicted octanol–water partition coefficient (Wildman–Crippen LogP) is 2.92. The number of anilines is 1. The van der Waals surface area contributed by atoms with Gasteiger partial charge in [-0.05, 0) is 43.8 Å². The maximum absolute atomic E-state index is 14.5. The Kier molecular flexibility index (Phi) is 8.88. The summed E-state index contributed by atoms with van der Waals surface area (Å²) in [5, 5.41) is 16.4. The van der Waals surface area contributed by atoms with Gasteiger partial charge in [-0.1, -0.05) is 29.8 Å². The average Bonchev–Trinajstić information content (AvgIpc) is 2.67. The molecule has 4 N–H and O–H groups in total. The van der Waals surface area contributed by atoms with Crippen LogP contribution in [-0.4, -0.2) is 52.9 Å². The Balaban J connectivity index is 2.28. The van der Waals surface area contributed by atoms with Crippen LogP contribution in [-0.2, 0) is 21.2 Å². The van der Waals surface area contributed by atoms with Crippen LogP contribution >= 0.6 is 0 Å². The number of allylic oxidation sites excluding steroid dienone is 1. The number of hydrogen-bond donors (Lipinski definition) is 3. The molecule has 0 saturated carbocycles. The van der Waals surface area contributed by atoms with Crippen molar-refractivity contribution in [3.8, 4) is 0 Å². The lowest BCUT2D eigenvalue weighted by atomic mass is 10.1. The first-order chi connectivity index (χ1) is 14.6. The molecule has 0 aliphatic carbocycles. The first-order valence-electron chi connectivity index (χ1n) is 9.69. The van der Waals surface area contributed by atoms with Gasteiger partial charge in [-0.3, -0.25) is 4.90 Å².